The fraction of sp³-hybridized carbons (Fsp3) is 0.667. The minimum absolute atomic E-state index is 0.144. The van der Waals surface area contributed by atoms with E-state index in [2.05, 4.69) is 54.2 Å². The molecule has 3 rings (SSSR count). The van der Waals surface area contributed by atoms with Crippen molar-refractivity contribution >= 4 is 9.84 Å². The molecule has 2 heterocycles. The average molecular weight is 337 g/mol. The number of hydrogen-bond acceptors (Lipinski definition) is 4. The van der Waals surface area contributed by atoms with E-state index in [1.807, 2.05) is 0 Å². The molecular weight excluding hydrogens is 308 g/mol. The molecule has 2 fully saturated rings. The third-order valence-corrected chi connectivity index (χ3v) is 7.30. The number of hydrogen-bond donors (Lipinski definition) is 0. The van der Waals surface area contributed by atoms with Gasteiger partial charge in [-0.2, -0.15) is 0 Å². The van der Waals surface area contributed by atoms with Crippen LogP contribution in [0.15, 0.2) is 30.3 Å². The minimum Gasteiger partial charge on any atom is -0.306 e. The molecule has 1 aromatic rings. The second-order valence-electron chi connectivity index (χ2n) is 7.22. The molecule has 2 aliphatic rings. The van der Waals surface area contributed by atoms with Gasteiger partial charge in [-0.05, 0) is 57.4 Å². The third-order valence-electron chi connectivity index (χ3n) is 5.65. The van der Waals surface area contributed by atoms with Crippen LogP contribution in [-0.2, 0) is 9.84 Å². The maximum absolute atomic E-state index is 12.2. The van der Waals surface area contributed by atoms with E-state index in [1.165, 1.54) is 5.56 Å². The highest BCUT2D eigenvalue weighted by molar-refractivity contribution is 7.91. The molecule has 5 heteroatoms. The summed E-state index contributed by atoms with van der Waals surface area (Å²) in [6, 6.07) is 10.8. The number of nitrogens with zero attached hydrogens (tertiary/aromatic N) is 2. The molecule has 0 radical (unpaired) electrons. The number of sulfone groups is 1. The van der Waals surface area contributed by atoms with Crippen molar-refractivity contribution in [1.82, 2.24) is 9.80 Å². The summed E-state index contributed by atoms with van der Waals surface area (Å²) < 4.78 is 24.4. The molecule has 2 aliphatic heterocycles. The molecule has 0 spiro atoms. The zero-order valence-electron chi connectivity index (χ0n) is 14.2. The predicted octanol–water partition coefficient (Wildman–Crippen LogP) is 1.84. The maximum atomic E-state index is 12.2. The summed E-state index contributed by atoms with van der Waals surface area (Å²) in [5, 5.41) is 0. The van der Waals surface area contributed by atoms with Crippen molar-refractivity contribution in [2.75, 3.05) is 45.2 Å². The van der Waals surface area contributed by atoms with Gasteiger partial charge in [-0.15, -0.1) is 0 Å². The highest BCUT2D eigenvalue weighted by atomic mass is 32.2. The number of likely N-dealkylation sites (tertiary alicyclic amines) is 1. The van der Waals surface area contributed by atoms with Crippen LogP contribution < -0.4 is 0 Å². The summed E-state index contributed by atoms with van der Waals surface area (Å²) in [6.07, 6.45) is 2.18. The van der Waals surface area contributed by atoms with Gasteiger partial charge in [0.05, 0.1) is 11.5 Å². The van der Waals surface area contributed by atoms with Crippen molar-refractivity contribution in [3.63, 3.8) is 0 Å². The van der Waals surface area contributed by atoms with E-state index in [1.54, 1.807) is 0 Å². The van der Waals surface area contributed by atoms with Gasteiger partial charge in [-0.25, -0.2) is 8.42 Å². The summed E-state index contributed by atoms with van der Waals surface area (Å²) >= 11 is 0. The second kappa shape index (κ2) is 6.91. The zero-order valence-corrected chi connectivity index (χ0v) is 15.0. The normalized spacial score (nSPS) is 33.2. The molecule has 0 aliphatic carbocycles. The van der Waals surface area contributed by atoms with Gasteiger partial charge in [0.2, 0.25) is 0 Å². The van der Waals surface area contributed by atoms with Gasteiger partial charge in [0.25, 0.3) is 0 Å². The topological polar surface area (TPSA) is 40.6 Å². The highest BCUT2D eigenvalue weighted by Gasteiger charge is 2.39. The van der Waals surface area contributed by atoms with Crippen molar-refractivity contribution < 1.29 is 8.42 Å². The van der Waals surface area contributed by atoms with Crippen LogP contribution in [0.25, 0.3) is 0 Å². The van der Waals surface area contributed by atoms with Crippen molar-refractivity contribution in [3.05, 3.63) is 35.9 Å². The Labute approximate surface area is 140 Å². The van der Waals surface area contributed by atoms with Gasteiger partial charge in [0.1, 0.15) is 0 Å². The zero-order chi connectivity index (χ0) is 16.4. The lowest BCUT2D eigenvalue weighted by Crippen LogP contribution is -2.51. The molecule has 3 unspecified atom stereocenters. The Bertz CT molecular complexity index is 617. The Morgan fingerprint density at radius 1 is 1.00 bits per heavy atom. The molecule has 0 saturated carbocycles. The first kappa shape index (κ1) is 16.9. The van der Waals surface area contributed by atoms with Crippen LogP contribution in [0.1, 0.15) is 24.3 Å². The molecular formula is C18H28N2O2S. The fourth-order valence-corrected chi connectivity index (χ4v) is 5.96. The molecule has 0 amide bonds. The van der Waals surface area contributed by atoms with E-state index in [0.717, 1.165) is 25.9 Å². The molecule has 23 heavy (non-hydrogen) atoms. The number of benzene rings is 1. The van der Waals surface area contributed by atoms with E-state index >= 15 is 0 Å². The summed E-state index contributed by atoms with van der Waals surface area (Å²) in [6.45, 7) is 2.80. The molecule has 128 valence electrons. The molecule has 3 atom stereocenters. The predicted molar refractivity (Wildman–Crippen MR) is 94.5 cm³/mol. The quantitative estimate of drug-likeness (QED) is 0.826. The van der Waals surface area contributed by atoms with Crippen molar-refractivity contribution in [3.8, 4) is 0 Å². The van der Waals surface area contributed by atoms with Gasteiger partial charge in [-0.1, -0.05) is 30.3 Å². The molecule has 0 bridgehead atoms. The fourth-order valence-electron chi connectivity index (χ4n) is 4.20. The van der Waals surface area contributed by atoms with Gasteiger partial charge in [0.15, 0.2) is 9.84 Å². The standard InChI is InChI=1S/C18H28N2O2S/c1-19-10-8-16(15-6-4-3-5-7-15)17(9-11-19)18-14-23(21,22)13-12-20(18)2/h3-7,16-18H,8-14H2,1-2H3. The van der Waals surface area contributed by atoms with E-state index in [4.69, 9.17) is 0 Å². The Kier molecular flexibility index (Phi) is 5.09. The summed E-state index contributed by atoms with van der Waals surface area (Å²) in [5.74, 6) is 1.48. The Morgan fingerprint density at radius 3 is 2.43 bits per heavy atom. The molecule has 0 aromatic heterocycles. The smallest absolute Gasteiger partial charge is 0.153 e. The summed E-state index contributed by atoms with van der Waals surface area (Å²) in [4.78, 5) is 4.67. The highest BCUT2D eigenvalue weighted by Crippen LogP contribution is 2.38. The average Bonchev–Trinajstić information content (AvgIpc) is 2.72. The van der Waals surface area contributed by atoms with E-state index in [9.17, 15) is 8.42 Å². The van der Waals surface area contributed by atoms with Crippen molar-refractivity contribution in [2.45, 2.75) is 24.8 Å². The van der Waals surface area contributed by atoms with Crippen LogP contribution in [0.2, 0.25) is 0 Å². The lowest BCUT2D eigenvalue weighted by atomic mass is 9.78. The van der Waals surface area contributed by atoms with Crippen LogP contribution in [0, 0.1) is 5.92 Å². The SMILES string of the molecule is CN1CCC(c2ccccc2)C(C2CS(=O)(=O)CCN2C)CC1. The van der Waals surface area contributed by atoms with Gasteiger partial charge in [0, 0.05) is 12.6 Å². The first-order valence-corrected chi connectivity index (χ1v) is 10.4. The van der Waals surface area contributed by atoms with Crippen LogP contribution in [0.5, 0.6) is 0 Å². The van der Waals surface area contributed by atoms with Crippen molar-refractivity contribution in [1.29, 1.82) is 0 Å². The van der Waals surface area contributed by atoms with Gasteiger partial charge < -0.3 is 9.80 Å². The molecule has 1 aromatic carbocycles. The Balaban J connectivity index is 1.91. The Morgan fingerprint density at radius 2 is 1.70 bits per heavy atom. The number of rotatable bonds is 2. The first-order chi connectivity index (χ1) is 11.0. The largest absolute Gasteiger partial charge is 0.306 e. The molecule has 4 nitrogen and oxygen atoms in total. The summed E-state index contributed by atoms with van der Waals surface area (Å²) in [7, 11) is 1.37. The van der Waals surface area contributed by atoms with Crippen LogP contribution in [0.4, 0.5) is 0 Å². The summed E-state index contributed by atoms with van der Waals surface area (Å²) in [5.41, 5.74) is 1.36. The van der Waals surface area contributed by atoms with Crippen LogP contribution in [-0.4, -0.2) is 69.5 Å². The molecule has 2 saturated heterocycles. The Hall–Kier alpha value is -0.910. The van der Waals surface area contributed by atoms with Crippen LogP contribution >= 0.6 is 0 Å². The third kappa shape index (κ3) is 3.95. The first-order valence-electron chi connectivity index (χ1n) is 8.60. The van der Waals surface area contributed by atoms with E-state index < -0.39 is 9.84 Å². The van der Waals surface area contributed by atoms with E-state index in [0.29, 0.717) is 29.9 Å². The lowest BCUT2D eigenvalue weighted by molar-refractivity contribution is 0.165. The second-order valence-corrected chi connectivity index (χ2v) is 9.45. The van der Waals surface area contributed by atoms with Gasteiger partial charge >= 0.3 is 0 Å². The van der Waals surface area contributed by atoms with Crippen molar-refractivity contribution in [2.24, 2.45) is 5.92 Å². The minimum atomic E-state index is -2.90. The van der Waals surface area contributed by atoms with Gasteiger partial charge in [-0.3, -0.25) is 0 Å². The van der Waals surface area contributed by atoms with E-state index in [-0.39, 0.29) is 6.04 Å². The van der Waals surface area contributed by atoms with Crippen LogP contribution in [0.3, 0.4) is 0 Å². The lowest BCUT2D eigenvalue weighted by Gasteiger charge is -2.40. The maximum Gasteiger partial charge on any atom is 0.153 e. The monoisotopic (exact) mass is 336 g/mol. The molecule has 0 N–H and O–H groups in total.